The van der Waals surface area contributed by atoms with Crippen LogP contribution >= 0.6 is 0 Å². The predicted molar refractivity (Wildman–Crippen MR) is 69.9 cm³/mol. The molecule has 5 nitrogen and oxygen atoms in total. The Bertz CT molecular complexity index is 448. The number of hydrogen-bond acceptors (Lipinski definition) is 4. The Morgan fingerprint density at radius 2 is 2.28 bits per heavy atom. The molecule has 0 amide bonds. The zero-order valence-electron chi connectivity index (χ0n) is 10.7. The number of nitro benzene ring substituents is 1. The summed E-state index contributed by atoms with van der Waals surface area (Å²) in [5.74, 6) is 0. The maximum atomic E-state index is 10.8. The first-order valence-electron chi connectivity index (χ1n) is 6.21. The molecule has 0 radical (unpaired) electrons. The Labute approximate surface area is 106 Å². The van der Waals surface area contributed by atoms with Gasteiger partial charge in [-0.3, -0.25) is 10.1 Å². The van der Waals surface area contributed by atoms with Crippen LogP contribution in [0.25, 0.3) is 0 Å². The SMILES string of the molecule is Cc1c(NCC2CCC(C)O2)cccc1[N+](=O)[O-]. The monoisotopic (exact) mass is 250 g/mol. The van der Waals surface area contributed by atoms with Crippen LogP contribution in [0, 0.1) is 17.0 Å². The van der Waals surface area contributed by atoms with Gasteiger partial charge in [0.25, 0.3) is 5.69 Å². The van der Waals surface area contributed by atoms with Crippen molar-refractivity contribution in [2.75, 3.05) is 11.9 Å². The van der Waals surface area contributed by atoms with E-state index in [1.807, 2.05) is 6.07 Å². The molecule has 0 spiro atoms. The molecule has 1 aliphatic heterocycles. The van der Waals surface area contributed by atoms with Gasteiger partial charge in [-0.2, -0.15) is 0 Å². The molecule has 0 saturated carbocycles. The first kappa shape index (κ1) is 12.8. The fraction of sp³-hybridized carbons (Fsp3) is 0.538. The van der Waals surface area contributed by atoms with Gasteiger partial charge in [-0.15, -0.1) is 0 Å². The highest BCUT2D eigenvalue weighted by molar-refractivity contribution is 5.59. The Hall–Kier alpha value is -1.62. The largest absolute Gasteiger partial charge is 0.382 e. The van der Waals surface area contributed by atoms with Gasteiger partial charge in [-0.05, 0) is 32.8 Å². The highest BCUT2D eigenvalue weighted by Crippen LogP contribution is 2.26. The molecule has 0 bridgehead atoms. The van der Waals surface area contributed by atoms with Gasteiger partial charge in [0, 0.05) is 23.9 Å². The average Bonchev–Trinajstić information content (AvgIpc) is 2.73. The number of hydrogen-bond donors (Lipinski definition) is 1. The van der Waals surface area contributed by atoms with E-state index in [9.17, 15) is 10.1 Å². The standard InChI is InChI=1S/C13H18N2O3/c1-9-6-7-11(18-9)8-14-12-4-3-5-13(10(12)2)15(16)17/h3-5,9,11,14H,6-8H2,1-2H3. The lowest BCUT2D eigenvalue weighted by Crippen LogP contribution is -2.20. The predicted octanol–water partition coefficient (Wildman–Crippen LogP) is 2.88. The van der Waals surface area contributed by atoms with Gasteiger partial charge in [0.15, 0.2) is 0 Å². The zero-order valence-corrected chi connectivity index (χ0v) is 10.7. The van der Waals surface area contributed by atoms with E-state index in [2.05, 4.69) is 12.2 Å². The van der Waals surface area contributed by atoms with E-state index in [1.165, 1.54) is 6.07 Å². The molecule has 1 N–H and O–H groups in total. The van der Waals surface area contributed by atoms with Gasteiger partial charge in [0.2, 0.25) is 0 Å². The van der Waals surface area contributed by atoms with E-state index in [-0.39, 0.29) is 16.7 Å². The average molecular weight is 250 g/mol. The van der Waals surface area contributed by atoms with Crippen LogP contribution < -0.4 is 5.32 Å². The molecule has 1 fully saturated rings. The normalized spacial score (nSPS) is 23.0. The van der Waals surface area contributed by atoms with Crippen molar-refractivity contribution < 1.29 is 9.66 Å². The summed E-state index contributed by atoms with van der Waals surface area (Å²) >= 11 is 0. The summed E-state index contributed by atoms with van der Waals surface area (Å²) in [4.78, 5) is 10.5. The highest BCUT2D eigenvalue weighted by atomic mass is 16.6. The van der Waals surface area contributed by atoms with E-state index in [0.717, 1.165) is 18.5 Å². The lowest BCUT2D eigenvalue weighted by atomic mass is 10.1. The fourth-order valence-electron chi connectivity index (χ4n) is 2.27. The minimum absolute atomic E-state index is 0.153. The molecule has 2 rings (SSSR count). The van der Waals surface area contributed by atoms with Crippen LogP contribution in [0.15, 0.2) is 18.2 Å². The van der Waals surface area contributed by atoms with Crippen LogP contribution in [0.5, 0.6) is 0 Å². The van der Waals surface area contributed by atoms with E-state index in [0.29, 0.717) is 18.2 Å². The number of nitrogens with one attached hydrogen (secondary N) is 1. The van der Waals surface area contributed by atoms with E-state index in [1.54, 1.807) is 13.0 Å². The fourth-order valence-corrected chi connectivity index (χ4v) is 2.27. The number of nitrogens with zero attached hydrogens (tertiary/aromatic N) is 1. The summed E-state index contributed by atoms with van der Waals surface area (Å²) in [6.45, 7) is 4.53. The molecule has 1 aliphatic rings. The van der Waals surface area contributed by atoms with Gasteiger partial charge in [-0.25, -0.2) is 0 Å². The number of rotatable bonds is 4. The van der Waals surface area contributed by atoms with Crippen LogP contribution in [0.3, 0.4) is 0 Å². The van der Waals surface area contributed by atoms with Crippen LogP contribution in [0.2, 0.25) is 0 Å². The second kappa shape index (κ2) is 5.35. The van der Waals surface area contributed by atoms with Crippen molar-refractivity contribution >= 4 is 11.4 Å². The third kappa shape index (κ3) is 2.79. The van der Waals surface area contributed by atoms with Crippen LogP contribution in [-0.4, -0.2) is 23.7 Å². The first-order valence-corrected chi connectivity index (χ1v) is 6.21. The number of benzene rings is 1. The maximum Gasteiger partial charge on any atom is 0.274 e. The molecule has 1 aromatic carbocycles. The lowest BCUT2D eigenvalue weighted by molar-refractivity contribution is -0.385. The maximum absolute atomic E-state index is 10.8. The van der Waals surface area contributed by atoms with Crippen molar-refractivity contribution in [3.63, 3.8) is 0 Å². The summed E-state index contributed by atoms with van der Waals surface area (Å²) < 4.78 is 5.70. The third-order valence-corrected chi connectivity index (χ3v) is 3.34. The molecular formula is C13H18N2O3. The van der Waals surface area contributed by atoms with Crippen LogP contribution in [0.4, 0.5) is 11.4 Å². The second-order valence-electron chi connectivity index (χ2n) is 4.73. The summed E-state index contributed by atoms with van der Waals surface area (Å²) in [5, 5.41) is 14.1. The Morgan fingerprint density at radius 1 is 1.50 bits per heavy atom. The topological polar surface area (TPSA) is 64.4 Å². The lowest BCUT2D eigenvalue weighted by Gasteiger charge is -2.14. The second-order valence-corrected chi connectivity index (χ2v) is 4.73. The highest BCUT2D eigenvalue weighted by Gasteiger charge is 2.22. The number of nitro groups is 1. The quantitative estimate of drug-likeness (QED) is 0.659. The van der Waals surface area contributed by atoms with Crippen molar-refractivity contribution in [3.8, 4) is 0 Å². The third-order valence-electron chi connectivity index (χ3n) is 3.34. The Morgan fingerprint density at radius 3 is 2.89 bits per heavy atom. The van der Waals surface area contributed by atoms with Crippen molar-refractivity contribution in [2.24, 2.45) is 0 Å². The number of ether oxygens (including phenoxy) is 1. The van der Waals surface area contributed by atoms with Crippen molar-refractivity contribution in [1.82, 2.24) is 0 Å². The molecule has 1 heterocycles. The van der Waals surface area contributed by atoms with Gasteiger partial charge < -0.3 is 10.1 Å². The van der Waals surface area contributed by atoms with Gasteiger partial charge in [0.1, 0.15) is 0 Å². The van der Waals surface area contributed by atoms with E-state index in [4.69, 9.17) is 4.74 Å². The minimum Gasteiger partial charge on any atom is -0.382 e. The van der Waals surface area contributed by atoms with E-state index < -0.39 is 0 Å². The molecule has 1 aromatic rings. The Balaban J connectivity index is 2.01. The van der Waals surface area contributed by atoms with Crippen LogP contribution in [-0.2, 0) is 4.74 Å². The molecule has 0 aromatic heterocycles. The van der Waals surface area contributed by atoms with Crippen molar-refractivity contribution in [2.45, 2.75) is 38.9 Å². The molecule has 18 heavy (non-hydrogen) atoms. The number of anilines is 1. The first-order chi connectivity index (χ1) is 8.58. The zero-order chi connectivity index (χ0) is 13.1. The molecule has 5 heteroatoms. The van der Waals surface area contributed by atoms with Crippen molar-refractivity contribution in [3.05, 3.63) is 33.9 Å². The Kier molecular flexibility index (Phi) is 3.81. The summed E-state index contributed by atoms with van der Waals surface area (Å²) in [5.41, 5.74) is 1.64. The van der Waals surface area contributed by atoms with Gasteiger partial charge in [-0.1, -0.05) is 6.07 Å². The summed E-state index contributed by atoms with van der Waals surface area (Å²) in [6.07, 6.45) is 2.66. The summed E-state index contributed by atoms with van der Waals surface area (Å²) in [6, 6.07) is 5.08. The molecule has 1 saturated heterocycles. The molecule has 2 atom stereocenters. The van der Waals surface area contributed by atoms with E-state index >= 15 is 0 Å². The minimum atomic E-state index is -0.353. The molecular weight excluding hydrogens is 232 g/mol. The summed E-state index contributed by atoms with van der Waals surface area (Å²) in [7, 11) is 0. The van der Waals surface area contributed by atoms with Crippen LogP contribution in [0.1, 0.15) is 25.3 Å². The molecule has 0 aliphatic carbocycles. The van der Waals surface area contributed by atoms with Gasteiger partial charge in [0.05, 0.1) is 17.1 Å². The smallest absolute Gasteiger partial charge is 0.274 e. The molecule has 2 unspecified atom stereocenters. The van der Waals surface area contributed by atoms with Gasteiger partial charge >= 0.3 is 0 Å². The molecule has 98 valence electrons. The van der Waals surface area contributed by atoms with Crippen molar-refractivity contribution in [1.29, 1.82) is 0 Å².